The molecule has 82 valence electrons. The predicted octanol–water partition coefficient (Wildman–Crippen LogP) is 3.86. The minimum absolute atomic E-state index is 0.601. The Morgan fingerprint density at radius 1 is 1.06 bits per heavy atom. The molecule has 0 N–H and O–H groups in total. The number of benzene rings is 2. The largest absolute Gasteiger partial charge is 0.489 e. The summed E-state index contributed by atoms with van der Waals surface area (Å²) in [5.74, 6) is 0.857. The summed E-state index contributed by atoms with van der Waals surface area (Å²) >= 11 is 4.27. The zero-order chi connectivity index (χ0) is 11.4. The molecule has 0 saturated heterocycles. The molecule has 0 unspecified atom stereocenters. The molecule has 2 aromatic carbocycles. The van der Waals surface area contributed by atoms with Gasteiger partial charge in [0.2, 0.25) is 0 Å². The molecule has 16 heavy (non-hydrogen) atoms. The van der Waals surface area contributed by atoms with E-state index in [-0.39, 0.29) is 0 Å². The molecule has 0 aliphatic heterocycles. The van der Waals surface area contributed by atoms with E-state index in [9.17, 15) is 0 Å². The summed E-state index contributed by atoms with van der Waals surface area (Å²) in [5.41, 5.74) is 2.47. The molecular weight excluding hydrogens is 216 g/mol. The van der Waals surface area contributed by atoms with Crippen LogP contribution in [0.4, 0.5) is 0 Å². The van der Waals surface area contributed by atoms with Gasteiger partial charge in [-0.15, -0.1) is 12.6 Å². The summed E-state index contributed by atoms with van der Waals surface area (Å²) < 4.78 is 5.70. The van der Waals surface area contributed by atoms with Crippen molar-refractivity contribution in [1.29, 1.82) is 0 Å². The number of hydrogen-bond acceptors (Lipinski definition) is 2. The van der Waals surface area contributed by atoms with Gasteiger partial charge in [0.15, 0.2) is 0 Å². The number of thiol groups is 1. The molecule has 0 fully saturated rings. The highest BCUT2D eigenvalue weighted by Crippen LogP contribution is 2.18. The number of ether oxygens (including phenoxy) is 1. The number of rotatable bonds is 3. The smallest absolute Gasteiger partial charge is 0.120 e. The second-order valence-corrected chi connectivity index (χ2v) is 4.23. The van der Waals surface area contributed by atoms with E-state index < -0.39 is 0 Å². The van der Waals surface area contributed by atoms with E-state index in [4.69, 9.17) is 4.74 Å². The number of hydrogen-bond donors (Lipinski definition) is 1. The summed E-state index contributed by atoms with van der Waals surface area (Å²) in [4.78, 5) is 0.919. The molecule has 2 aromatic rings. The highest BCUT2D eigenvalue weighted by atomic mass is 32.1. The van der Waals surface area contributed by atoms with Crippen molar-refractivity contribution in [3.05, 3.63) is 59.7 Å². The Morgan fingerprint density at radius 3 is 2.62 bits per heavy atom. The van der Waals surface area contributed by atoms with Gasteiger partial charge in [0.05, 0.1) is 0 Å². The highest BCUT2D eigenvalue weighted by Gasteiger charge is 1.98. The average Bonchev–Trinajstić information content (AvgIpc) is 2.28. The minimum atomic E-state index is 0.601. The van der Waals surface area contributed by atoms with Crippen LogP contribution in [0.25, 0.3) is 0 Å². The van der Waals surface area contributed by atoms with E-state index >= 15 is 0 Å². The predicted molar refractivity (Wildman–Crippen MR) is 69.2 cm³/mol. The summed E-state index contributed by atoms with van der Waals surface area (Å²) in [7, 11) is 0. The molecule has 1 nitrogen and oxygen atoms in total. The average molecular weight is 230 g/mol. The Bertz CT molecular complexity index is 480. The lowest BCUT2D eigenvalue weighted by Crippen LogP contribution is -1.97. The second kappa shape index (κ2) is 5.08. The lowest BCUT2D eigenvalue weighted by molar-refractivity contribution is 0.304. The van der Waals surface area contributed by atoms with E-state index in [0.717, 1.165) is 10.6 Å². The molecule has 0 aliphatic carbocycles. The summed E-state index contributed by atoms with van der Waals surface area (Å²) in [6.45, 7) is 2.69. The van der Waals surface area contributed by atoms with Gasteiger partial charge in [0.1, 0.15) is 12.4 Å². The molecular formula is C14H14OS. The lowest BCUT2D eigenvalue weighted by Gasteiger charge is -2.08. The standard InChI is InChI=1S/C14H14OS/c1-11-5-2-3-6-12(11)10-15-13-7-4-8-14(16)9-13/h2-9,16H,10H2,1H3. The van der Waals surface area contributed by atoms with E-state index in [2.05, 4.69) is 31.7 Å². The van der Waals surface area contributed by atoms with Crippen LogP contribution in [0.1, 0.15) is 11.1 Å². The quantitative estimate of drug-likeness (QED) is 0.788. The van der Waals surface area contributed by atoms with Crippen molar-refractivity contribution < 1.29 is 4.74 Å². The Labute approximate surface area is 101 Å². The van der Waals surface area contributed by atoms with Gasteiger partial charge in [0.25, 0.3) is 0 Å². The zero-order valence-corrected chi connectivity index (χ0v) is 10.1. The SMILES string of the molecule is Cc1ccccc1COc1cccc(S)c1. The molecule has 0 aliphatic rings. The van der Waals surface area contributed by atoms with Crippen molar-refractivity contribution in [2.75, 3.05) is 0 Å². The monoisotopic (exact) mass is 230 g/mol. The molecule has 2 rings (SSSR count). The second-order valence-electron chi connectivity index (χ2n) is 3.71. The first kappa shape index (κ1) is 11.1. The van der Waals surface area contributed by atoms with Crippen LogP contribution in [-0.2, 0) is 6.61 Å². The molecule has 0 spiro atoms. The summed E-state index contributed by atoms with van der Waals surface area (Å²) in [6, 6.07) is 16.0. The topological polar surface area (TPSA) is 9.23 Å². The third kappa shape index (κ3) is 2.80. The highest BCUT2D eigenvalue weighted by molar-refractivity contribution is 7.80. The van der Waals surface area contributed by atoms with Gasteiger partial charge in [-0.2, -0.15) is 0 Å². The normalized spacial score (nSPS) is 10.1. The van der Waals surface area contributed by atoms with E-state index in [0.29, 0.717) is 6.61 Å². The van der Waals surface area contributed by atoms with Crippen LogP contribution >= 0.6 is 12.6 Å². The third-order valence-corrected chi connectivity index (χ3v) is 2.75. The van der Waals surface area contributed by atoms with Crippen LogP contribution in [-0.4, -0.2) is 0 Å². The summed E-state index contributed by atoms with van der Waals surface area (Å²) in [5, 5.41) is 0. The van der Waals surface area contributed by atoms with Crippen molar-refractivity contribution in [3.63, 3.8) is 0 Å². The van der Waals surface area contributed by atoms with Gasteiger partial charge in [-0.1, -0.05) is 30.3 Å². The van der Waals surface area contributed by atoms with Crippen LogP contribution < -0.4 is 4.74 Å². The van der Waals surface area contributed by atoms with Crippen LogP contribution in [0.5, 0.6) is 5.75 Å². The third-order valence-electron chi connectivity index (χ3n) is 2.47. The first-order valence-electron chi connectivity index (χ1n) is 5.22. The summed E-state index contributed by atoms with van der Waals surface area (Å²) in [6.07, 6.45) is 0. The Hall–Kier alpha value is -1.41. The molecule has 0 bridgehead atoms. The fourth-order valence-electron chi connectivity index (χ4n) is 1.51. The maximum atomic E-state index is 5.70. The Balaban J connectivity index is 2.05. The maximum Gasteiger partial charge on any atom is 0.120 e. The zero-order valence-electron chi connectivity index (χ0n) is 9.18. The first-order chi connectivity index (χ1) is 7.75. The Kier molecular flexibility index (Phi) is 3.52. The van der Waals surface area contributed by atoms with Crippen LogP contribution in [0.3, 0.4) is 0 Å². The van der Waals surface area contributed by atoms with Crippen molar-refractivity contribution >= 4 is 12.6 Å². The van der Waals surface area contributed by atoms with Crippen molar-refractivity contribution in [1.82, 2.24) is 0 Å². The van der Waals surface area contributed by atoms with Crippen molar-refractivity contribution in [2.24, 2.45) is 0 Å². The minimum Gasteiger partial charge on any atom is -0.489 e. The molecule has 0 radical (unpaired) electrons. The van der Waals surface area contributed by atoms with Gasteiger partial charge in [-0.25, -0.2) is 0 Å². The van der Waals surface area contributed by atoms with Gasteiger partial charge in [-0.3, -0.25) is 0 Å². The van der Waals surface area contributed by atoms with Gasteiger partial charge >= 0.3 is 0 Å². The molecule has 0 heterocycles. The molecule has 0 aromatic heterocycles. The van der Waals surface area contributed by atoms with E-state index in [1.54, 1.807) is 0 Å². The van der Waals surface area contributed by atoms with Crippen LogP contribution in [0.15, 0.2) is 53.4 Å². The van der Waals surface area contributed by atoms with Gasteiger partial charge < -0.3 is 4.74 Å². The number of aryl methyl sites for hydroxylation is 1. The van der Waals surface area contributed by atoms with Crippen molar-refractivity contribution in [3.8, 4) is 5.75 Å². The van der Waals surface area contributed by atoms with Crippen molar-refractivity contribution in [2.45, 2.75) is 18.4 Å². The fraction of sp³-hybridized carbons (Fsp3) is 0.143. The Morgan fingerprint density at radius 2 is 1.88 bits per heavy atom. The van der Waals surface area contributed by atoms with Gasteiger partial charge in [-0.05, 0) is 36.2 Å². The lowest BCUT2D eigenvalue weighted by atomic mass is 10.1. The molecule has 0 atom stereocenters. The maximum absolute atomic E-state index is 5.70. The molecule has 0 amide bonds. The van der Waals surface area contributed by atoms with Crippen LogP contribution in [0, 0.1) is 6.92 Å². The van der Waals surface area contributed by atoms with E-state index in [1.807, 2.05) is 36.4 Å². The molecule has 0 saturated carbocycles. The first-order valence-corrected chi connectivity index (χ1v) is 5.67. The fourth-order valence-corrected chi connectivity index (χ4v) is 1.72. The molecule has 2 heteroatoms. The van der Waals surface area contributed by atoms with Gasteiger partial charge in [0, 0.05) is 4.90 Å². The van der Waals surface area contributed by atoms with E-state index in [1.165, 1.54) is 11.1 Å². The van der Waals surface area contributed by atoms with Crippen LogP contribution in [0.2, 0.25) is 0 Å².